The van der Waals surface area contributed by atoms with Gasteiger partial charge in [0.15, 0.2) is 0 Å². The molecule has 126 valence electrons. The van der Waals surface area contributed by atoms with Crippen molar-refractivity contribution in [3.63, 3.8) is 0 Å². The van der Waals surface area contributed by atoms with Crippen molar-refractivity contribution in [1.29, 1.82) is 0 Å². The second-order valence-corrected chi connectivity index (χ2v) is 5.35. The zero-order valence-electron chi connectivity index (χ0n) is 13.3. The van der Waals surface area contributed by atoms with E-state index in [2.05, 4.69) is 5.32 Å². The number of carbonyl (C=O) groups excluding carboxylic acids is 2. The van der Waals surface area contributed by atoms with Crippen molar-refractivity contribution in [2.45, 2.75) is 13.1 Å². The predicted molar refractivity (Wildman–Crippen MR) is 91.1 cm³/mol. The molecule has 0 saturated heterocycles. The van der Waals surface area contributed by atoms with Crippen LogP contribution in [0.2, 0.25) is 0 Å². The van der Waals surface area contributed by atoms with E-state index in [9.17, 15) is 14.7 Å². The molecule has 6 nitrogen and oxygen atoms in total. The van der Waals surface area contributed by atoms with Gasteiger partial charge in [-0.3, -0.25) is 4.79 Å². The average Bonchev–Trinajstić information content (AvgIpc) is 2.60. The molecular formula is C18H21N3O3. The summed E-state index contributed by atoms with van der Waals surface area (Å²) in [7, 11) is 0. The summed E-state index contributed by atoms with van der Waals surface area (Å²) in [5, 5.41) is 12.0. The van der Waals surface area contributed by atoms with Crippen molar-refractivity contribution in [3.8, 4) is 0 Å². The first-order valence-electron chi connectivity index (χ1n) is 7.66. The second-order valence-electron chi connectivity index (χ2n) is 5.35. The fourth-order valence-electron chi connectivity index (χ4n) is 2.30. The maximum Gasteiger partial charge on any atom is 0.318 e. The van der Waals surface area contributed by atoms with E-state index in [0.717, 1.165) is 11.1 Å². The molecule has 6 heteroatoms. The lowest BCUT2D eigenvalue weighted by Gasteiger charge is -2.22. The summed E-state index contributed by atoms with van der Waals surface area (Å²) in [6, 6.07) is 16.1. The number of primary amides is 1. The minimum atomic E-state index is -0.505. The number of aliphatic hydroxyl groups excluding tert-OH is 1. The zero-order chi connectivity index (χ0) is 17.4. The van der Waals surface area contributed by atoms with E-state index in [0.29, 0.717) is 12.1 Å². The summed E-state index contributed by atoms with van der Waals surface area (Å²) < 4.78 is 0. The number of rotatable bonds is 7. The number of amides is 3. The van der Waals surface area contributed by atoms with Crippen LogP contribution in [0.4, 0.5) is 4.79 Å². The molecule has 2 rings (SSSR count). The number of nitrogens with two attached hydrogens (primary N) is 1. The van der Waals surface area contributed by atoms with E-state index >= 15 is 0 Å². The van der Waals surface area contributed by atoms with E-state index < -0.39 is 5.91 Å². The first kappa shape index (κ1) is 17.5. The largest absolute Gasteiger partial charge is 0.395 e. The van der Waals surface area contributed by atoms with Crippen LogP contribution in [-0.2, 0) is 13.1 Å². The minimum absolute atomic E-state index is 0.114. The van der Waals surface area contributed by atoms with Crippen LogP contribution >= 0.6 is 0 Å². The highest BCUT2D eigenvalue weighted by molar-refractivity contribution is 5.92. The molecule has 0 bridgehead atoms. The third-order valence-electron chi connectivity index (χ3n) is 3.53. The van der Waals surface area contributed by atoms with Crippen LogP contribution in [0, 0.1) is 0 Å². The van der Waals surface area contributed by atoms with Crippen LogP contribution in [-0.4, -0.2) is 35.1 Å². The summed E-state index contributed by atoms with van der Waals surface area (Å²) in [5.74, 6) is -0.505. The van der Waals surface area contributed by atoms with E-state index in [1.54, 1.807) is 24.3 Å². The SMILES string of the molecule is NC(=O)c1cccc(CNC(=O)N(CCO)Cc2ccccc2)c1. The summed E-state index contributed by atoms with van der Waals surface area (Å²) >= 11 is 0. The molecular weight excluding hydrogens is 306 g/mol. The number of benzene rings is 2. The molecule has 0 aromatic heterocycles. The molecule has 0 atom stereocenters. The summed E-state index contributed by atoms with van der Waals surface area (Å²) in [6.45, 7) is 0.810. The Hall–Kier alpha value is -2.86. The Balaban J connectivity index is 1.97. The van der Waals surface area contributed by atoms with Gasteiger partial charge in [0.25, 0.3) is 0 Å². The number of nitrogens with zero attached hydrogens (tertiary/aromatic N) is 1. The normalized spacial score (nSPS) is 10.2. The van der Waals surface area contributed by atoms with Crippen molar-refractivity contribution in [2.24, 2.45) is 5.73 Å². The van der Waals surface area contributed by atoms with Gasteiger partial charge in [0.05, 0.1) is 6.61 Å². The van der Waals surface area contributed by atoms with Crippen LogP contribution in [0.1, 0.15) is 21.5 Å². The maximum atomic E-state index is 12.3. The van der Waals surface area contributed by atoms with Gasteiger partial charge < -0.3 is 21.1 Å². The van der Waals surface area contributed by atoms with Crippen LogP contribution < -0.4 is 11.1 Å². The Morgan fingerprint density at radius 1 is 1.04 bits per heavy atom. The average molecular weight is 327 g/mol. The topological polar surface area (TPSA) is 95.7 Å². The highest BCUT2D eigenvalue weighted by atomic mass is 16.3. The number of aliphatic hydroxyl groups is 1. The Labute approximate surface area is 140 Å². The number of urea groups is 1. The first-order valence-corrected chi connectivity index (χ1v) is 7.66. The van der Waals surface area contributed by atoms with Crippen molar-refractivity contribution in [2.75, 3.05) is 13.2 Å². The molecule has 2 aromatic rings. The van der Waals surface area contributed by atoms with Gasteiger partial charge in [0.2, 0.25) is 5.91 Å². The molecule has 0 aliphatic rings. The van der Waals surface area contributed by atoms with Gasteiger partial charge in [-0.25, -0.2) is 4.79 Å². The van der Waals surface area contributed by atoms with Crippen molar-refractivity contribution < 1.29 is 14.7 Å². The third-order valence-corrected chi connectivity index (χ3v) is 3.53. The summed E-state index contributed by atoms with van der Waals surface area (Å²) in [4.78, 5) is 25.1. The zero-order valence-corrected chi connectivity index (χ0v) is 13.3. The Morgan fingerprint density at radius 3 is 2.42 bits per heavy atom. The smallest absolute Gasteiger partial charge is 0.318 e. The molecule has 0 heterocycles. The van der Waals surface area contributed by atoms with Gasteiger partial charge in [-0.2, -0.15) is 0 Å². The highest BCUT2D eigenvalue weighted by Gasteiger charge is 2.13. The first-order chi connectivity index (χ1) is 11.6. The Kier molecular flexibility index (Phi) is 6.33. The molecule has 0 aliphatic heterocycles. The lowest BCUT2D eigenvalue weighted by molar-refractivity contribution is 0.1000. The van der Waals surface area contributed by atoms with Crippen LogP contribution in [0.25, 0.3) is 0 Å². The van der Waals surface area contributed by atoms with Crippen LogP contribution in [0.15, 0.2) is 54.6 Å². The molecule has 2 aromatic carbocycles. The fraction of sp³-hybridized carbons (Fsp3) is 0.222. The van der Waals surface area contributed by atoms with Gasteiger partial charge >= 0.3 is 6.03 Å². The number of hydrogen-bond acceptors (Lipinski definition) is 3. The number of nitrogens with one attached hydrogen (secondary N) is 1. The third kappa shape index (κ3) is 5.10. The monoisotopic (exact) mass is 327 g/mol. The predicted octanol–water partition coefficient (Wildman–Crippen LogP) is 1.49. The standard InChI is InChI=1S/C18H21N3O3/c19-17(23)16-8-4-7-15(11-16)12-20-18(24)21(9-10-22)13-14-5-2-1-3-6-14/h1-8,11,22H,9-10,12-13H2,(H2,19,23)(H,20,24). The van der Waals surface area contributed by atoms with Crippen molar-refractivity contribution >= 4 is 11.9 Å². The molecule has 3 amide bonds. The Morgan fingerprint density at radius 2 is 1.75 bits per heavy atom. The fourth-order valence-corrected chi connectivity index (χ4v) is 2.30. The van der Waals surface area contributed by atoms with E-state index in [1.165, 1.54) is 4.90 Å². The molecule has 0 fully saturated rings. The second kappa shape index (κ2) is 8.69. The van der Waals surface area contributed by atoms with E-state index in [-0.39, 0.29) is 25.7 Å². The summed E-state index contributed by atoms with van der Waals surface area (Å²) in [6.07, 6.45) is 0. The van der Waals surface area contributed by atoms with E-state index in [1.807, 2.05) is 30.3 Å². The molecule has 4 N–H and O–H groups in total. The van der Waals surface area contributed by atoms with Gasteiger partial charge in [-0.15, -0.1) is 0 Å². The minimum Gasteiger partial charge on any atom is -0.395 e. The number of hydrogen-bond donors (Lipinski definition) is 3. The molecule has 0 aliphatic carbocycles. The van der Waals surface area contributed by atoms with Crippen LogP contribution in [0.5, 0.6) is 0 Å². The highest BCUT2D eigenvalue weighted by Crippen LogP contribution is 2.07. The summed E-state index contributed by atoms with van der Waals surface area (Å²) in [5.41, 5.74) is 7.42. The van der Waals surface area contributed by atoms with Gasteiger partial charge in [-0.05, 0) is 23.3 Å². The lowest BCUT2D eigenvalue weighted by atomic mass is 10.1. The van der Waals surface area contributed by atoms with E-state index in [4.69, 9.17) is 5.73 Å². The van der Waals surface area contributed by atoms with Gasteiger partial charge in [0.1, 0.15) is 0 Å². The maximum absolute atomic E-state index is 12.3. The number of carbonyl (C=O) groups is 2. The Bertz CT molecular complexity index is 689. The van der Waals surface area contributed by atoms with Crippen LogP contribution in [0.3, 0.4) is 0 Å². The van der Waals surface area contributed by atoms with Crippen molar-refractivity contribution in [1.82, 2.24) is 10.2 Å². The lowest BCUT2D eigenvalue weighted by Crippen LogP contribution is -2.40. The molecule has 0 spiro atoms. The van der Waals surface area contributed by atoms with Gasteiger partial charge in [0, 0.05) is 25.2 Å². The molecule has 0 unspecified atom stereocenters. The molecule has 0 radical (unpaired) electrons. The quantitative estimate of drug-likeness (QED) is 0.719. The van der Waals surface area contributed by atoms with Crippen molar-refractivity contribution in [3.05, 3.63) is 71.3 Å². The molecule has 0 saturated carbocycles. The van der Waals surface area contributed by atoms with Gasteiger partial charge in [-0.1, -0.05) is 42.5 Å². The molecule has 24 heavy (non-hydrogen) atoms.